The van der Waals surface area contributed by atoms with Gasteiger partial charge in [-0.3, -0.25) is 4.79 Å². The average molecular weight is 392 g/mol. The van der Waals surface area contributed by atoms with Gasteiger partial charge in [0.05, 0.1) is 14.2 Å². The average Bonchev–Trinajstić information content (AvgIpc) is 2.73. The summed E-state index contributed by atoms with van der Waals surface area (Å²) >= 11 is 0. The lowest BCUT2D eigenvalue weighted by Crippen LogP contribution is -2.16. The predicted octanol–water partition coefficient (Wildman–Crippen LogP) is 3.98. The predicted molar refractivity (Wildman–Crippen MR) is 113 cm³/mol. The lowest BCUT2D eigenvalue weighted by molar-refractivity contribution is 0.102. The zero-order valence-electron chi connectivity index (χ0n) is 16.9. The second-order valence-electron chi connectivity index (χ2n) is 6.58. The maximum Gasteiger partial charge on any atom is 0.274 e. The second-order valence-corrected chi connectivity index (χ2v) is 6.58. The number of amides is 1. The molecule has 0 saturated heterocycles. The maximum absolute atomic E-state index is 12.6. The summed E-state index contributed by atoms with van der Waals surface area (Å²) in [7, 11) is 3.19. The van der Waals surface area contributed by atoms with E-state index in [2.05, 4.69) is 20.6 Å². The van der Waals surface area contributed by atoms with Crippen molar-refractivity contribution in [2.75, 3.05) is 24.9 Å². The van der Waals surface area contributed by atoms with E-state index in [0.717, 1.165) is 16.8 Å². The highest BCUT2D eigenvalue weighted by Crippen LogP contribution is 2.27. The molecule has 0 saturated carbocycles. The van der Waals surface area contributed by atoms with Crippen LogP contribution in [-0.2, 0) is 6.54 Å². The standard InChI is InChI=1S/C22H24N4O3/c1-14-5-8-17(9-6-14)25-21(27)18-11-15(2)24-22(26-18)23-13-16-7-10-19(28-3)20(12-16)29-4/h5-12H,13H2,1-4H3,(H,25,27)(H,23,24,26). The number of nitrogens with zero attached hydrogens (tertiary/aromatic N) is 2. The number of aryl methyl sites for hydroxylation is 2. The van der Waals surface area contributed by atoms with Crippen LogP contribution >= 0.6 is 0 Å². The third-order valence-electron chi connectivity index (χ3n) is 4.29. The van der Waals surface area contributed by atoms with Gasteiger partial charge in [0, 0.05) is 17.9 Å². The number of ether oxygens (including phenoxy) is 2. The van der Waals surface area contributed by atoms with E-state index < -0.39 is 0 Å². The van der Waals surface area contributed by atoms with E-state index in [0.29, 0.717) is 35.4 Å². The van der Waals surface area contributed by atoms with Crippen LogP contribution in [0.1, 0.15) is 27.3 Å². The molecule has 1 amide bonds. The number of aromatic nitrogens is 2. The van der Waals surface area contributed by atoms with Gasteiger partial charge in [-0.05, 0) is 49.7 Å². The molecule has 0 bridgehead atoms. The number of nitrogens with one attached hydrogen (secondary N) is 2. The minimum Gasteiger partial charge on any atom is -0.493 e. The van der Waals surface area contributed by atoms with Crippen LogP contribution in [0.4, 0.5) is 11.6 Å². The third kappa shape index (κ3) is 5.22. The van der Waals surface area contributed by atoms with Gasteiger partial charge in [-0.15, -0.1) is 0 Å². The van der Waals surface area contributed by atoms with E-state index in [4.69, 9.17) is 9.47 Å². The van der Waals surface area contributed by atoms with Crippen molar-refractivity contribution >= 4 is 17.5 Å². The molecule has 7 heteroatoms. The smallest absolute Gasteiger partial charge is 0.274 e. The Morgan fingerprint density at radius 1 is 0.931 bits per heavy atom. The molecule has 150 valence electrons. The zero-order valence-corrected chi connectivity index (χ0v) is 16.9. The monoisotopic (exact) mass is 392 g/mol. The van der Waals surface area contributed by atoms with Crippen LogP contribution in [0.15, 0.2) is 48.5 Å². The van der Waals surface area contributed by atoms with Gasteiger partial charge in [-0.1, -0.05) is 23.8 Å². The summed E-state index contributed by atoms with van der Waals surface area (Å²) in [5.41, 5.74) is 3.81. The lowest BCUT2D eigenvalue weighted by atomic mass is 10.2. The minimum absolute atomic E-state index is 0.284. The Bertz CT molecular complexity index is 1000. The van der Waals surface area contributed by atoms with E-state index in [9.17, 15) is 4.79 Å². The number of methoxy groups -OCH3 is 2. The molecule has 3 aromatic rings. The van der Waals surface area contributed by atoms with Crippen LogP contribution in [0.5, 0.6) is 11.5 Å². The summed E-state index contributed by atoms with van der Waals surface area (Å²) in [4.78, 5) is 21.3. The second kappa shape index (κ2) is 9.05. The largest absolute Gasteiger partial charge is 0.493 e. The molecule has 0 radical (unpaired) electrons. The van der Waals surface area contributed by atoms with Gasteiger partial charge in [0.2, 0.25) is 5.95 Å². The van der Waals surface area contributed by atoms with Crippen molar-refractivity contribution < 1.29 is 14.3 Å². The molecule has 7 nitrogen and oxygen atoms in total. The molecule has 1 aromatic heterocycles. The highest BCUT2D eigenvalue weighted by molar-refractivity contribution is 6.03. The van der Waals surface area contributed by atoms with E-state index in [1.165, 1.54) is 0 Å². The Morgan fingerprint density at radius 2 is 1.66 bits per heavy atom. The fourth-order valence-electron chi connectivity index (χ4n) is 2.77. The lowest BCUT2D eigenvalue weighted by Gasteiger charge is -2.11. The van der Waals surface area contributed by atoms with Crippen molar-refractivity contribution in [2.45, 2.75) is 20.4 Å². The third-order valence-corrected chi connectivity index (χ3v) is 4.29. The van der Waals surface area contributed by atoms with Crippen LogP contribution in [0.25, 0.3) is 0 Å². The number of benzene rings is 2. The number of anilines is 2. The Morgan fingerprint density at radius 3 is 2.34 bits per heavy atom. The highest BCUT2D eigenvalue weighted by Gasteiger charge is 2.12. The van der Waals surface area contributed by atoms with Gasteiger partial charge in [-0.25, -0.2) is 9.97 Å². The number of hydrogen-bond acceptors (Lipinski definition) is 6. The van der Waals surface area contributed by atoms with E-state index in [-0.39, 0.29) is 5.91 Å². The van der Waals surface area contributed by atoms with E-state index in [1.54, 1.807) is 20.3 Å². The van der Waals surface area contributed by atoms with Gasteiger partial charge in [0.25, 0.3) is 5.91 Å². The maximum atomic E-state index is 12.6. The highest BCUT2D eigenvalue weighted by atomic mass is 16.5. The van der Waals surface area contributed by atoms with Crippen LogP contribution in [0.3, 0.4) is 0 Å². The summed E-state index contributed by atoms with van der Waals surface area (Å²) in [5, 5.41) is 6.01. The number of carbonyl (C=O) groups excluding carboxylic acids is 1. The molecule has 0 unspecified atom stereocenters. The molecule has 1 heterocycles. The van der Waals surface area contributed by atoms with Crippen LogP contribution in [-0.4, -0.2) is 30.1 Å². The molecule has 0 aliphatic carbocycles. The molecule has 0 atom stereocenters. The van der Waals surface area contributed by atoms with Crippen LogP contribution in [0.2, 0.25) is 0 Å². The van der Waals surface area contributed by atoms with Crippen LogP contribution < -0.4 is 20.1 Å². The SMILES string of the molecule is COc1ccc(CNc2nc(C)cc(C(=O)Nc3ccc(C)cc3)n2)cc1OC. The van der Waals surface area contributed by atoms with Crippen molar-refractivity contribution in [2.24, 2.45) is 0 Å². The first kappa shape index (κ1) is 20.1. The summed E-state index contributed by atoms with van der Waals surface area (Å²) < 4.78 is 10.6. The van der Waals surface area contributed by atoms with Gasteiger partial charge in [0.1, 0.15) is 5.69 Å². The summed E-state index contributed by atoms with van der Waals surface area (Å²) in [6.07, 6.45) is 0. The topological polar surface area (TPSA) is 85.4 Å². The molecule has 0 fully saturated rings. The normalized spacial score (nSPS) is 10.3. The molecule has 2 aromatic carbocycles. The van der Waals surface area contributed by atoms with Crippen molar-refractivity contribution in [3.8, 4) is 11.5 Å². The van der Waals surface area contributed by atoms with Gasteiger partial charge < -0.3 is 20.1 Å². The molecule has 3 rings (SSSR count). The first-order valence-corrected chi connectivity index (χ1v) is 9.17. The molecular weight excluding hydrogens is 368 g/mol. The molecule has 0 aliphatic heterocycles. The van der Waals surface area contributed by atoms with Gasteiger partial charge in [0.15, 0.2) is 11.5 Å². The molecule has 0 spiro atoms. The number of hydrogen-bond donors (Lipinski definition) is 2. The number of carbonyl (C=O) groups is 1. The van der Waals surface area contributed by atoms with Crippen molar-refractivity contribution in [3.63, 3.8) is 0 Å². The summed E-state index contributed by atoms with van der Waals surface area (Å²) in [6.45, 7) is 4.30. The van der Waals surface area contributed by atoms with E-state index in [1.807, 2.05) is 56.3 Å². The van der Waals surface area contributed by atoms with Crippen LogP contribution in [0, 0.1) is 13.8 Å². The molecule has 2 N–H and O–H groups in total. The first-order valence-electron chi connectivity index (χ1n) is 9.17. The van der Waals surface area contributed by atoms with Crippen molar-refractivity contribution in [1.29, 1.82) is 0 Å². The zero-order chi connectivity index (χ0) is 20.8. The minimum atomic E-state index is -0.284. The Hall–Kier alpha value is -3.61. The molecule has 29 heavy (non-hydrogen) atoms. The Kier molecular flexibility index (Phi) is 6.29. The number of rotatable bonds is 7. The van der Waals surface area contributed by atoms with Gasteiger partial charge >= 0.3 is 0 Å². The summed E-state index contributed by atoms with van der Waals surface area (Å²) in [5.74, 6) is 1.41. The summed E-state index contributed by atoms with van der Waals surface area (Å²) in [6, 6.07) is 14.9. The fourth-order valence-corrected chi connectivity index (χ4v) is 2.77. The fraction of sp³-hybridized carbons (Fsp3) is 0.227. The quantitative estimate of drug-likeness (QED) is 0.633. The molecular formula is C22H24N4O3. The Labute approximate surface area is 170 Å². The van der Waals surface area contributed by atoms with Crippen molar-refractivity contribution in [1.82, 2.24) is 9.97 Å². The van der Waals surface area contributed by atoms with E-state index >= 15 is 0 Å². The van der Waals surface area contributed by atoms with Gasteiger partial charge in [-0.2, -0.15) is 0 Å². The Balaban J connectivity index is 1.71. The first-order chi connectivity index (χ1) is 14.0. The molecule has 0 aliphatic rings. The van der Waals surface area contributed by atoms with Crippen molar-refractivity contribution in [3.05, 3.63) is 71.0 Å².